The Kier molecular flexibility index (Phi) is 13.2. The van der Waals surface area contributed by atoms with Crippen LogP contribution < -0.4 is 0 Å². The van der Waals surface area contributed by atoms with Gasteiger partial charge in [0.15, 0.2) is 0 Å². The Labute approximate surface area is 302 Å². The van der Waals surface area contributed by atoms with Crippen LogP contribution in [0.5, 0.6) is 0 Å². The second kappa shape index (κ2) is 15.8. The van der Waals surface area contributed by atoms with Gasteiger partial charge < -0.3 is 9.47 Å². The van der Waals surface area contributed by atoms with Crippen molar-refractivity contribution >= 4 is 35.3 Å². The summed E-state index contributed by atoms with van der Waals surface area (Å²) in [4.78, 5) is 55.9. The average molecular weight is 698 g/mol. The van der Waals surface area contributed by atoms with Gasteiger partial charge in [0.2, 0.25) is 0 Å². The molecule has 0 unspecified atom stereocenters. The lowest BCUT2D eigenvalue weighted by atomic mass is 9.71. The maximum Gasteiger partial charge on any atom is 0.352 e. The molecule has 2 fully saturated rings. The van der Waals surface area contributed by atoms with E-state index in [1.807, 2.05) is 20.8 Å². The number of rotatable bonds is 12. The smallest absolute Gasteiger partial charge is 0.352 e. The van der Waals surface area contributed by atoms with E-state index in [0.717, 1.165) is 64.5 Å². The van der Waals surface area contributed by atoms with Crippen LogP contribution in [0, 0.1) is 11.8 Å². The fraction of sp³-hybridized carbons (Fsp3) is 0.821. The van der Waals surface area contributed by atoms with Crippen LogP contribution in [0.4, 0.5) is 11.9 Å². The van der Waals surface area contributed by atoms with Gasteiger partial charge in [-0.1, -0.05) is 47.5 Å². The molecule has 0 amide bonds. The molecule has 3 heterocycles. The van der Waals surface area contributed by atoms with Gasteiger partial charge in [0, 0.05) is 39.4 Å². The number of ether oxygens (including phenoxy) is 2. The van der Waals surface area contributed by atoms with Crippen molar-refractivity contribution in [3.05, 3.63) is 5.82 Å². The summed E-state index contributed by atoms with van der Waals surface area (Å²) >= 11 is 0. The summed E-state index contributed by atoms with van der Waals surface area (Å²) in [6, 6.07) is 0. The summed E-state index contributed by atoms with van der Waals surface area (Å²) in [5.74, 6) is -0.745. The Bertz CT molecular complexity index is 1290. The molecule has 3 rings (SSSR count). The van der Waals surface area contributed by atoms with E-state index in [1.54, 1.807) is 0 Å². The lowest BCUT2D eigenvalue weighted by Gasteiger charge is -2.55. The fourth-order valence-electron chi connectivity index (χ4n) is 8.69. The van der Waals surface area contributed by atoms with E-state index in [2.05, 4.69) is 84.0 Å². The van der Waals surface area contributed by atoms with Crippen molar-refractivity contribution < 1.29 is 19.1 Å². The molecule has 0 aromatic carbocycles. The highest BCUT2D eigenvalue weighted by atomic mass is 16.5. The number of esters is 2. The van der Waals surface area contributed by atoms with Gasteiger partial charge in [-0.15, -0.1) is 0 Å². The van der Waals surface area contributed by atoms with Crippen molar-refractivity contribution in [1.82, 2.24) is 24.8 Å². The van der Waals surface area contributed by atoms with E-state index in [9.17, 15) is 9.59 Å². The zero-order valence-electron chi connectivity index (χ0n) is 34.0. The Morgan fingerprint density at radius 2 is 0.980 bits per heavy atom. The molecule has 0 spiro atoms. The van der Waals surface area contributed by atoms with Crippen LogP contribution in [-0.2, 0) is 24.5 Å². The summed E-state index contributed by atoms with van der Waals surface area (Å²) in [5.41, 5.74) is -0.608. The van der Waals surface area contributed by atoms with Gasteiger partial charge in [0.1, 0.15) is 17.2 Å². The number of carbonyl (C=O) groups excluding carboxylic acids is 2. The van der Waals surface area contributed by atoms with Crippen LogP contribution >= 0.6 is 0 Å². The van der Waals surface area contributed by atoms with E-state index in [0.29, 0.717) is 17.2 Å². The molecule has 0 atom stereocenters. The van der Waals surface area contributed by atoms with Crippen LogP contribution in [0.3, 0.4) is 0 Å². The number of hydrogen-bond acceptors (Lipinski definition) is 11. The molecule has 11 heteroatoms. The molecule has 0 bridgehead atoms. The minimum absolute atomic E-state index is 0.0763. The largest absolute Gasteiger partial charge is 0.465 e. The minimum atomic E-state index is -0.499. The molecule has 11 nitrogen and oxygen atoms in total. The molecule has 0 aliphatic carbocycles. The first-order valence-corrected chi connectivity index (χ1v) is 18.7. The Balaban J connectivity index is 2.16. The van der Waals surface area contributed by atoms with E-state index in [-0.39, 0.29) is 45.9 Å². The van der Waals surface area contributed by atoms with E-state index in [1.165, 1.54) is 14.2 Å². The molecule has 2 aliphatic rings. The summed E-state index contributed by atoms with van der Waals surface area (Å²) in [6.45, 7) is 30.3. The van der Waals surface area contributed by atoms with Gasteiger partial charge >= 0.3 is 11.9 Å². The number of carbonyl (C=O) groups is 2. The molecule has 1 aromatic heterocycles. The summed E-state index contributed by atoms with van der Waals surface area (Å²) < 4.78 is 10.6. The zero-order chi connectivity index (χ0) is 37.9. The second-order valence-corrected chi connectivity index (χ2v) is 18.0. The molecular formula is C39H67N7O4. The Hall–Kier alpha value is -2.79. The Morgan fingerprint density at radius 3 is 1.24 bits per heavy atom. The van der Waals surface area contributed by atoms with Crippen LogP contribution in [-0.4, -0.2) is 97.6 Å². The van der Waals surface area contributed by atoms with Gasteiger partial charge in [-0.3, -0.25) is 9.80 Å². The highest BCUT2D eigenvalue weighted by Gasteiger charge is 2.49. The maximum atomic E-state index is 13.5. The first-order valence-electron chi connectivity index (χ1n) is 18.7. The number of likely N-dealkylation sites (tertiary alicyclic amines) is 2. The number of unbranched alkanes of at least 4 members (excludes halogenated alkanes) is 2. The van der Waals surface area contributed by atoms with Crippen molar-refractivity contribution in [2.75, 3.05) is 27.3 Å². The molecule has 0 saturated carbocycles. The fourth-order valence-corrected chi connectivity index (χ4v) is 8.69. The maximum absolute atomic E-state index is 13.5. The van der Waals surface area contributed by atoms with E-state index < -0.39 is 17.4 Å². The van der Waals surface area contributed by atoms with Gasteiger partial charge in [-0.05, 0) is 107 Å². The molecule has 282 valence electrons. The molecule has 0 radical (unpaired) electrons. The third-order valence-corrected chi connectivity index (χ3v) is 10.7. The highest BCUT2D eigenvalue weighted by Crippen LogP contribution is 2.44. The summed E-state index contributed by atoms with van der Waals surface area (Å²) in [6.07, 6.45) is 7.37. The third-order valence-electron chi connectivity index (χ3n) is 10.7. The predicted octanol–water partition coefficient (Wildman–Crippen LogP) is 7.80. The van der Waals surface area contributed by atoms with Crippen LogP contribution in [0.15, 0.2) is 9.98 Å². The first-order chi connectivity index (χ1) is 23.0. The average Bonchev–Trinajstić information content (AvgIpc) is 2.99. The van der Waals surface area contributed by atoms with Crippen molar-refractivity contribution in [3.63, 3.8) is 0 Å². The Morgan fingerprint density at radius 1 is 0.660 bits per heavy atom. The first kappa shape index (κ1) is 41.6. The van der Waals surface area contributed by atoms with Gasteiger partial charge in [-0.2, -0.15) is 15.0 Å². The zero-order valence-corrected chi connectivity index (χ0v) is 34.0. The summed E-state index contributed by atoms with van der Waals surface area (Å²) in [7, 11) is 2.76. The topological polar surface area (TPSA) is 122 Å². The van der Waals surface area contributed by atoms with Crippen LogP contribution in [0.25, 0.3) is 0 Å². The standard InChI is InChI=1S/C39H67N7O4/c1-16-18-20-45-36(6,7)22-26(23-37(45,8)9)28(30(47)49-14)40-33-42-32(35(3,4)5)43-34(44-33)41-29(31(48)50-15)27-24-38(10,11)46(21-19-17-2)39(12,13)25-27/h26-27H,16-25H2,1-15H3. The minimum Gasteiger partial charge on any atom is -0.465 e. The van der Waals surface area contributed by atoms with Crippen LogP contribution in [0.2, 0.25) is 0 Å². The highest BCUT2D eigenvalue weighted by molar-refractivity contribution is 6.38. The van der Waals surface area contributed by atoms with Crippen molar-refractivity contribution in [2.24, 2.45) is 21.8 Å². The molecule has 50 heavy (non-hydrogen) atoms. The second-order valence-electron chi connectivity index (χ2n) is 18.0. The number of aliphatic imine (C=N–C) groups is 2. The monoisotopic (exact) mass is 698 g/mol. The molecule has 2 aliphatic heterocycles. The number of aromatic nitrogens is 3. The number of methoxy groups -OCH3 is 2. The van der Waals surface area contributed by atoms with Crippen LogP contribution in [0.1, 0.15) is 147 Å². The number of hydrogen-bond donors (Lipinski definition) is 0. The van der Waals surface area contributed by atoms with Crippen molar-refractivity contribution in [1.29, 1.82) is 0 Å². The third kappa shape index (κ3) is 9.75. The number of piperidine rings is 2. The van der Waals surface area contributed by atoms with Gasteiger partial charge in [-0.25, -0.2) is 19.6 Å². The summed E-state index contributed by atoms with van der Waals surface area (Å²) in [5, 5.41) is 0. The van der Waals surface area contributed by atoms with E-state index >= 15 is 0 Å². The molecule has 0 N–H and O–H groups in total. The van der Waals surface area contributed by atoms with Gasteiger partial charge in [0.25, 0.3) is 11.9 Å². The molecular weight excluding hydrogens is 630 g/mol. The lowest BCUT2D eigenvalue weighted by molar-refractivity contribution is -0.134. The normalized spacial score (nSPS) is 22.0. The SMILES string of the molecule is CCCCN1C(C)(C)CC(C(=Nc2nc(N=C(C(=O)OC)C3CC(C)(C)N(CCCC)C(C)(C)C3)nc(C(C)(C)C)n2)C(=O)OC)CC1(C)C. The number of nitrogens with zero attached hydrogens (tertiary/aromatic N) is 7. The molecule has 1 aromatic rings. The van der Waals surface area contributed by atoms with Crippen molar-refractivity contribution in [3.8, 4) is 0 Å². The lowest BCUT2D eigenvalue weighted by Crippen LogP contribution is -2.62. The van der Waals surface area contributed by atoms with Gasteiger partial charge in [0.05, 0.1) is 14.2 Å². The quantitative estimate of drug-likeness (QED) is 0.159. The van der Waals surface area contributed by atoms with E-state index in [4.69, 9.17) is 29.4 Å². The molecule has 2 saturated heterocycles. The predicted molar refractivity (Wildman–Crippen MR) is 202 cm³/mol. The van der Waals surface area contributed by atoms with Crippen molar-refractivity contribution in [2.45, 2.75) is 169 Å².